The van der Waals surface area contributed by atoms with Crippen LogP contribution in [0.25, 0.3) is 0 Å². The van der Waals surface area contributed by atoms with Gasteiger partial charge < -0.3 is 15.0 Å². The minimum Gasteiger partial charge on any atom is -0.444 e. The fraction of sp³-hybridized carbons (Fsp3) is 0.944. The second kappa shape index (κ2) is 6.03. The number of ether oxygens (including phenoxy) is 1. The number of nitrogens with one attached hydrogen (secondary N) is 1. The highest BCUT2D eigenvalue weighted by atomic mass is 16.6. The third-order valence-corrected chi connectivity index (χ3v) is 5.62. The van der Waals surface area contributed by atoms with E-state index in [0.717, 1.165) is 38.3 Å². The predicted octanol–water partition coefficient (Wildman–Crippen LogP) is 3.84. The van der Waals surface area contributed by atoms with Crippen molar-refractivity contribution < 1.29 is 9.53 Å². The average molecular weight is 308 g/mol. The summed E-state index contributed by atoms with van der Waals surface area (Å²) in [5.74, 6) is 0. The molecule has 4 nitrogen and oxygen atoms in total. The van der Waals surface area contributed by atoms with Crippen LogP contribution in [0.5, 0.6) is 0 Å². The maximum atomic E-state index is 12.6. The Morgan fingerprint density at radius 3 is 2.32 bits per heavy atom. The van der Waals surface area contributed by atoms with Crippen molar-refractivity contribution in [3.63, 3.8) is 0 Å². The molecule has 2 aliphatic carbocycles. The molecule has 1 unspecified atom stereocenters. The van der Waals surface area contributed by atoms with Crippen molar-refractivity contribution >= 4 is 6.09 Å². The van der Waals surface area contributed by atoms with E-state index in [4.69, 9.17) is 4.74 Å². The molecule has 0 aromatic carbocycles. The number of carbonyl (C=O) groups is 1. The summed E-state index contributed by atoms with van der Waals surface area (Å²) in [6.07, 6.45) is 11.0. The van der Waals surface area contributed by atoms with Crippen LogP contribution in [-0.2, 0) is 4.74 Å². The van der Waals surface area contributed by atoms with Crippen molar-refractivity contribution in [1.29, 1.82) is 0 Å². The maximum absolute atomic E-state index is 12.6. The molecule has 0 aromatic heterocycles. The Kier molecular flexibility index (Phi) is 4.41. The van der Waals surface area contributed by atoms with Crippen molar-refractivity contribution in [1.82, 2.24) is 10.2 Å². The molecule has 0 bridgehead atoms. The number of hydrogen-bond acceptors (Lipinski definition) is 3. The highest BCUT2D eigenvalue weighted by Crippen LogP contribution is 2.45. The summed E-state index contributed by atoms with van der Waals surface area (Å²) in [6, 6.07) is 1.30. The number of carbonyl (C=O) groups excluding carboxylic acids is 1. The topological polar surface area (TPSA) is 41.6 Å². The molecule has 1 saturated heterocycles. The summed E-state index contributed by atoms with van der Waals surface area (Å²) in [5.41, 5.74) is -0.322. The highest BCUT2D eigenvalue weighted by molar-refractivity contribution is 5.69. The van der Waals surface area contributed by atoms with Gasteiger partial charge in [-0.15, -0.1) is 0 Å². The fourth-order valence-corrected chi connectivity index (χ4v) is 4.42. The van der Waals surface area contributed by atoms with E-state index >= 15 is 0 Å². The van der Waals surface area contributed by atoms with Gasteiger partial charge in [-0.3, -0.25) is 0 Å². The van der Waals surface area contributed by atoms with Crippen molar-refractivity contribution in [2.24, 2.45) is 0 Å². The molecular formula is C18H32N2O2. The zero-order valence-electron chi connectivity index (χ0n) is 14.5. The minimum atomic E-state index is -0.402. The monoisotopic (exact) mass is 308 g/mol. The van der Waals surface area contributed by atoms with E-state index in [0.29, 0.717) is 6.04 Å². The van der Waals surface area contributed by atoms with Gasteiger partial charge in [0.1, 0.15) is 5.60 Å². The van der Waals surface area contributed by atoms with Crippen LogP contribution < -0.4 is 5.32 Å². The quantitative estimate of drug-likeness (QED) is 0.842. The zero-order valence-corrected chi connectivity index (χ0v) is 14.5. The lowest BCUT2D eigenvalue weighted by molar-refractivity contribution is -0.0500. The van der Waals surface area contributed by atoms with Gasteiger partial charge in [0.25, 0.3) is 0 Å². The van der Waals surface area contributed by atoms with E-state index in [1.165, 1.54) is 32.1 Å². The molecule has 0 aromatic rings. The van der Waals surface area contributed by atoms with Crippen LogP contribution in [0.2, 0.25) is 0 Å². The minimum absolute atomic E-state index is 0.0802. The van der Waals surface area contributed by atoms with Crippen LogP contribution >= 0.6 is 0 Å². The standard InChI is InChI=1S/C18H32N2O2/c1-17(2,3)22-16(21)20-12-9-15(13-18(20)10-6-11-18)19-14-7-4-5-8-14/h14-15,19H,4-13H2,1-3H3. The third-order valence-electron chi connectivity index (χ3n) is 5.62. The second-order valence-electron chi connectivity index (χ2n) is 8.55. The first kappa shape index (κ1) is 16.1. The van der Waals surface area contributed by atoms with Gasteiger partial charge in [0, 0.05) is 24.2 Å². The summed E-state index contributed by atoms with van der Waals surface area (Å²) in [6.45, 7) is 6.70. The summed E-state index contributed by atoms with van der Waals surface area (Å²) >= 11 is 0. The number of amides is 1. The van der Waals surface area contributed by atoms with Crippen molar-refractivity contribution in [2.75, 3.05) is 6.54 Å². The molecule has 3 fully saturated rings. The number of piperidine rings is 1. The second-order valence-corrected chi connectivity index (χ2v) is 8.55. The average Bonchev–Trinajstić information content (AvgIpc) is 2.87. The normalized spacial score (nSPS) is 28.7. The third kappa shape index (κ3) is 3.42. The van der Waals surface area contributed by atoms with Gasteiger partial charge in [-0.1, -0.05) is 12.8 Å². The summed E-state index contributed by atoms with van der Waals surface area (Å²) in [4.78, 5) is 14.6. The van der Waals surface area contributed by atoms with Gasteiger partial charge in [-0.05, 0) is 65.7 Å². The molecule has 1 N–H and O–H groups in total. The number of likely N-dealkylation sites (tertiary alicyclic amines) is 1. The van der Waals surface area contributed by atoms with E-state index in [1.54, 1.807) is 0 Å². The first-order valence-corrected chi connectivity index (χ1v) is 9.15. The van der Waals surface area contributed by atoms with Crippen LogP contribution in [0.3, 0.4) is 0 Å². The smallest absolute Gasteiger partial charge is 0.410 e. The molecule has 1 atom stereocenters. The molecule has 2 saturated carbocycles. The largest absolute Gasteiger partial charge is 0.444 e. The Morgan fingerprint density at radius 1 is 1.09 bits per heavy atom. The molecule has 3 rings (SSSR count). The van der Waals surface area contributed by atoms with Crippen molar-refractivity contribution in [3.8, 4) is 0 Å². The van der Waals surface area contributed by atoms with E-state index in [9.17, 15) is 4.79 Å². The maximum Gasteiger partial charge on any atom is 0.410 e. The SMILES string of the molecule is CC(C)(C)OC(=O)N1CCC(NC2CCCC2)CC12CCC2. The first-order valence-electron chi connectivity index (χ1n) is 9.15. The van der Waals surface area contributed by atoms with Crippen LogP contribution in [-0.4, -0.2) is 40.8 Å². The predicted molar refractivity (Wildman–Crippen MR) is 87.9 cm³/mol. The Bertz CT molecular complexity index is 406. The Hall–Kier alpha value is -0.770. The van der Waals surface area contributed by atoms with Crippen LogP contribution in [0.15, 0.2) is 0 Å². The molecular weight excluding hydrogens is 276 g/mol. The summed E-state index contributed by atoms with van der Waals surface area (Å²) in [7, 11) is 0. The van der Waals surface area contributed by atoms with E-state index in [-0.39, 0.29) is 11.6 Å². The molecule has 0 radical (unpaired) electrons. The number of hydrogen-bond donors (Lipinski definition) is 1. The molecule has 1 spiro atoms. The molecule has 1 aliphatic heterocycles. The number of rotatable bonds is 2. The van der Waals surface area contributed by atoms with Gasteiger partial charge >= 0.3 is 6.09 Å². The van der Waals surface area contributed by atoms with E-state index in [2.05, 4.69) is 10.2 Å². The Morgan fingerprint density at radius 2 is 1.77 bits per heavy atom. The Balaban J connectivity index is 1.61. The van der Waals surface area contributed by atoms with Gasteiger partial charge in [-0.25, -0.2) is 4.79 Å². The van der Waals surface area contributed by atoms with Gasteiger partial charge in [-0.2, -0.15) is 0 Å². The molecule has 22 heavy (non-hydrogen) atoms. The molecule has 4 heteroatoms. The molecule has 126 valence electrons. The highest BCUT2D eigenvalue weighted by Gasteiger charge is 2.50. The van der Waals surface area contributed by atoms with Crippen molar-refractivity contribution in [3.05, 3.63) is 0 Å². The molecule has 1 heterocycles. The van der Waals surface area contributed by atoms with Gasteiger partial charge in [0.05, 0.1) is 0 Å². The molecule has 3 aliphatic rings. The van der Waals surface area contributed by atoms with E-state index in [1.807, 2.05) is 20.8 Å². The summed E-state index contributed by atoms with van der Waals surface area (Å²) < 4.78 is 5.64. The van der Waals surface area contributed by atoms with Crippen LogP contribution in [0.1, 0.15) is 78.6 Å². The molecule has 1 amide bonds. The van der Waals surface area contributed by atoms with Crippen LogP contribution in [0, 0.1) is 0 Å². The van der Waals surface area contributed by atoms with Gasteiger partial charge in [0.2, 0.25) is 0 Å². The van der Waals surface area contributed by atoms with Crippen molar-refractivity contribution in [2.45, 2.75) is 102 Å². The lowest BCUT2D eigenvalue weighted by atomic mass is 9.69. The first-order chi connectivity index (χ1) is 10.4. The van der Waals surface area contributed by atoms with Crippen LogP contribution in [0.4, 0.5) is 4.79 Å². The van der Waals surface area contributed by atoms with Gasteiger partial charge in [0.15, 0.2) is 0 Å². The lowest BCUT2D eigenvalue weighted by Crippen LogP contribution is -2.64. The van der Waals surface area contributed by atoms with E-state index < -0.39 is 5.60 Å². The fourth-order valence-electron chi connectivity index (χ4n) is 4.42. The Labute approximate surface area is 135 Å². The number of nitrogens with zero attached hydrogens (tertiary/aromatic N) is 1. The zero-order chi connectivity index (χ0) is 15.8. The lowest BCUT2D eigenvalue weighted by Gasteiger charge is -2.55. The summed E-state index contributed by atoms with van der Waals surface area (Å²) in [5, 5.41) is 3.87.